The van der Waals surface area contributed by atoms with Crippen molar-refractivity contribution in [1.82, 2.24) is 0 Å². The van der Waals surface area contributed by atoms with Crippen molar-refractivity contribution in [3.05, 3.63) is 88.5 Å². The van der Waals surface area contributed by atoms with E-state index in [2.05, 4.69) is 47.8 Å². The summed E-state index contributed by atoms with van der Waals surface area (Å²) in [6.07, 6.45) is 5.02. The highest BCUT2D eigenvalue weighted by Gasteiger charge is 2.12. The van der Waals surface area contributed by atoms with Crippen LogP contribution in [0.25, 0.3) is 11.1 Å². The number of unbranched alkanes of at least 4 members (excludes halogenated alkanes) is 4. The van der Waals surface area contributed by atoms with Gasteiger partial charge in [-0.1, -0.05) is 62.0 Å². The third kappa shape index (κ3) is 7.14. The first kappa shape index (κ1) is 25.9. The molecule has 0 heterocycles. The summed E-state index contributed by atoms with van der Waals surface area (Å²) >= 11 is 4.39. The highest BCUT2D eigenvalue weighted by molar-refractivity contribution is 7.78. The molecule has 0 saturated heterocycles. The third-order valence-electron chi connectivity index (χ3n) is 5.15. The molecule has 0 bridgehead atoms. The molecule has 3 aromatic rings. The second-order valence-electron chi connectivity index (χ2n) is 7.75. The normalized spacial score (nSPS) is 9.97. The van der Waals surface area contributed by atoms with Gasteiger partial charge >= 0.3 is 0 Å². The predicted octanol–water partition coefficient (Wildman–Crippen LogP) is 8.37. The number of benzene rings is 3. The van der Waals surface area contributed by atoms with Crippen molar-refractivity contribution in [3.63, 3.8) is 0 Å². The van der Waals surface area contributed by atoms with E-state index in [4.69, 9.17) is 0 Å². The van der Waals surface area contributed by atoms with Crippen molar-refractivity contribution in [1.29, 1.82) is 0 Å². The molecule has 0 N–H and O–H groups in total. The Kier molecular flexibility index (Phi) is 9.39. The topological polar surface area (TPSA) is 12.4 Å². The summed E-state index contributed by atoms with van der Waals surface area (Å²) in [7, 11) is 0. The van der Waals surface area contributed by atoms with Gasteiger partial charge in [-0.2, -0.15) is 4.99 Å². The summed E-state index contributed by atoms with van der Waals surface area (Å²) in [5.41, 5.74) is 0.724. The lowest BCUT2D eigenvalue weighted by molar-refractivity contribution is 0.577. The molecule has 0 atom stereocenters. The number of rotatable bonds is 6. The van der Waals surface area contributed by atoms with Gasteiger partial charge in [0.15, 0.2) is 11.6 Å². The van der Waals surface area contributed by atoms with E-state index < -0.39 is 29.0 Å². The molecule has 3 rings (SSSR count). The maximum Gasteiger partial charge on any atom is 0.153 e. The van der Waals surface area contributed by atoms with Crippen LogP contribution < -0.4 is 0 Å². The average molecular weight is 492 g/mol. The lowest BCUT2D eigenvalue weighted by Crippen LogP contribution is -1.92. The van der Waals surface area contributed by atoms with Crippen LogP contribution in [0.2, 0.25) is 0 Å². The fourth-order valence-electron chi connectivity index (χ4n) is 3.33. The Bertz CT molecular complexity index is 1340. The Morgan fingerprint density at radius 2 is 1.37 bits per heavy atom. The molecule has 0 amide bonds. The molecule has 0 fully saturated rings. The third-order valence-corrected chi connectivity index (χ3v) is 5.25. The summed E-state index contributed by atoms with van der Waals surface area (Å²) in [4.78, 5) is 3.38. The van der Waals surface area contributed by atoms with Crippen molar-refractivity contribution in [2.75, 3.05) is 0 Å². The zero-order valence-electron chi connectivity index (χ0n) is 19.0. The zero-order chi connectivity index (χ0) is 25.2. The van der Waals surface area contributed by atoms with Crippen LogP contribution in [0.15, 0.2) is 53.5 Å². The minimum atomic E-state index is -0.864. The number of hydrogen-bond donors (Lipinski definition) is 0. The number of nitrogens with zero attached hydrogens (tertiary/aromatic N) is 1. The van der Waals surface area contributed by atoms with Gasteiger partial charge in [-0.25, -0.2) is 17.6 Å². The number of thiocarbonyl (C=S) groups is 1. The van der Waals surface area contributed by atoms with Crippen LogP contribution in [-0.2, 0) is 0 Å². The first-order valence-corrected chi connectivity index (χ1v) is 11.5. The maximum absolute atomic E-state index is 14.4. The minimum absolute atomic E-state index is 0.271. The molecule has 0 unspecified atom stereocenters. The van der Waals surface area contributed by atoms with Gasteiger partial charge in [0.2, 0.25) is 0 Å². The molecule has 0 aliphatic heterocycles. The number of isothiocyanates is 1. The van der Waals surface area contributed by atoms with E-state index in [0.717, 1.165) is 37.8 Å². The lowest BCUT2D eigenvalue weighted by atomic mass is 10.0. The summed E-state index contributed by atoms with van der Waals surface area (Å²) in [5, 5.41) is 1.94. The van der Waals surface area contributed by atoms with Crippen LogP contribution in [0, 0.1) is 47.0 Å². The van der Waals surface area contributed by atoms with Gasteiger partial charge in [-0.15, -0.1) is 0 Å². The Morgan fingerprint density at radius 3 is 1.97 bits per heavy atom. The Balaban J connectivity index is 1.75. The second kappa shape index (κ2) is 12.7. The molecule has 0 aromatic heterocycles. The molecule has 0 aliphatic rings. The number of halogens is 4. The van der Waals surface area contributed by atoms with Gasteiger partial charge in [-0.05, 0) is 66.2 Å². The summed E-state index contributed by atoms with van der Waals surface area (Å²) in [6, 6.07) is 11.0. The van der Waals surface area contributed by atoms with Crippen molar-refractivity contribution in [2.45, 2.75) is 39.0 Å². The van der Waals surface area contributed by atoms with Crippen molar-refractivity contribution < 1.29 is 17.6 Å². The van der Waals surface area contributed by atoms with E-state index in [1.165, 1.54) is 12.1 Å². The van der Waals surface area contributed by atoms with Crippen molar-refractivity contribution >= 4 is 23.1 Å². The van der Waals surface area contributed by atoms with Crippen LogP contribution in [0.3, 0.4) is 0 Å². The van der Waals surface area contributed by atoms with Crippen LogP contribution in [0.1, 0.15) is 55.7 Å². The first-order chi connectivity index (χ1) is 16.9. The largest absolute Gasteiger partial charge is 0.205 e. The fraction of sp³-hybridized carbons (Fsp3) is 0.207. The van der Waals surface area contributed by atoms with E-state index in [-0.39, 0.29) is 11.1 Å². The summed E-state index contributed by atoms with van der Waals surface area (Å²) in [5.74, 6) is 7.68. The molecule has 176 valence electrons. The molecular weight excluding hydrogens is 470 g/mol. The SMILES string of the molecule is CCCCCCC#Cc1cc(F)c(C#Cc2ccc(-c3cc(F)c(N=C=S)c(F)c3)cc2)c(F)c1. The molecule has 0 spiro atoms. The Morgan fingerprint density at radius 1 is 0.714 bits per heavy atom. The highest BCUT2D eigenvalue weighted by atomic mass is 32.1. The van der Waals surface area contributed by atoms with E-state index in [1.54, 1.807) is 24.3 Å². The van der Waals surface area contributed by atoms with Gasteiger partial charge in [0, 0.05) is 17.5 Å². The smallest absolute Gasteiger partial charge is 0.153 e. The quantitative estimate of drug-likeness (QED) is 0.111. The number of aliphatic imine (C=N–C) groups is 1. The summed E-state index contributed by atoms with van der Waals surface area (Å²) in [6.45, 7) is 2.13. The minimum Gasteiger partial charge on any atom is -0.205 e. The maximum atomic E-state index is 14.4. The standard InChI is InChI=1S/C29H21F4NS/c1-2-3-4-5-6-7-8-21-15-25(30)24(26(31)16-21)14-11-20-9-12-22(13-10-20)23-17-27(32)29(34-19-35)28(33)18-23/h9-10,12-13,15-18H,2-6H2,1H3. The first-order valence-electron chi connectivity index (χ1n) is 11.1. The van der Waals surface area contributed by atoms with E-state index in [9.17, 15) is 17.6 Å². The highest BCUT2D eigenvalue weighted by Crippen LogP contribution is 2.29. The monoisotopic (exact) mass is 491 g/mol. The molecule has 0 saturated carbocycles. The van der Waals surface area contributed by atoms with E-state index in [0.29, 0.717) is 23.1 Å². The van der Waals surface area contributed by atoms with Crippen LogP contribution in [0.4, 0.5) is 23.2 Å². The molecule has 1 nitrogen and oxygen atoms in total. The van der Waals surface area contributed by atoms with Gasteiger partial charge in [0.05, 0.1) is 10.7 Å². The molecular formula is C29H21F4NS. The molecule has 6 heteroatoms. The van der Waals surface area contributed by atoms with Gasteiger partial charge in [0.25, 0.3) is 0 Å². The summed E-state index contributed by atoms with van der Waals surface area (Å²) < 4.78 is 57.0. The second-order valence-corrected chi connectivity index (χ2v) is 7.93. The molecule has 0 aliphatic carbocycles. The predicted molar refractivity (Wildman–Crippen MR) is 134 cm³/mol. The fourth-order valence-corrected chi connectivity index (χ4v) is 3.43. The van der Waals surface area contributed by atoms with Crippen LogP contribution in [-0.4, -0.2) is 5.16 Å². The van der Waals surface area contributed by atoms with E-state index >= 15 is 0 Å². The molecule has 35 heavy (non-hydrogen) atoms. The van der Waals surface area contributed by atoms with E-state index in [1.807, 2.05) is 5.16 Å². The lowest BCUT2D eigenvalue weighted by Gasteiger charge is -2.05. The molecule has 0 radical (unpaired) electrons. The Hall–Kier alpha value is -3.70. The molecule has 3 aromatic carbocycles. The van der Waals surface area contributed by atoms with Crippen LogP contribution >= 0.6 is 12.2 Å². The van der Waals surface area contributed by atoms with Gasteiger partial charge < -0.3 is 0 Å². The van der Waals surface area contributed by atoms with Gasteiger partial charge in [-0.3, -0.25) is 0 Å². The van der Waals surface area contributed by atoms with Crippen molar-refractivity contribution in [3.8, 4) is 34.8 Å². The van der Waals surface area contributed by atoms with Crippen molar-refractivity contribution in [2.24, 2.45) is 4.99 Å². The Labute approximate surface area is 207 Å². The zero-order valence-corrected chi connectivity index (χ0v) is 19.8. The van der Waals surface area contributed by atoms with Crippen LogP contribution in [0.5, 0.6) is 0 Å². The average Bonchev–Trinajstić information content (AvgIpc) is 2.83. The van der Waals surface area contributed by atoms with Gasteiger partial charge in [0.1, 0.15) is 17.3 Å². The number of hydrogen-bond acceptors (Lipinski definition) is 2.